The highest BCUT2D eigenvalue weighted by Crippen LogP contribution is 2.24. The number of benzene rings is 1. The third kappa shape index (κ3) is 2.87. The standard InChI is InChI=1S/C15H18N2O2/c1-11(2)13(9-16)15(18)17-7-8-19-14-6-4-3-5-12(14)10-17/h3-6,11,13H,7-8,10H2,1-2H3. The molecule has 0 radical (unpaired) electrons. The number of carbonyl (C=O) groups is 1. The van der Waals surface area contributed by atoms with Crippen molar-refractivity contribution in [1.82, 2.24) is 4.90 Å². The van der Waals surface area contributed by atoms with E-state index in [4.69, 9.17) is 10.00 Å². The van der Waals surface area contributed by atoms with Gasteiger partial charge in [-0.2, -0.15) is 5.26 Å². The number of hydrogen-bond acceptors (Lipinski definition) is 3. The quantitative estimate of drug-likeness (QED) is 0.817. The molecular formula is C15H18N2O2. The fourth-order valence-corrected chi connectivity index (χ4v) is 2.20. The van der Waals surface area contributed by atoms with Crippen molar-refractivity contribution in [2.24, 2.45) is 11.8 Å². The number of para-hydroxylation sites is 1. The Hall–Kier alpha value is -2.02. The maximum atomic E-state index is 12.4. The Kier molecular flexibility index (Phi) is 4.06. The van der Waals surface area contributed by atoms with Gasteiger partial charge in [0.25, 0.3) is 0 Å². The Morgan fingerprint density at radius 1 is 1.42 bits per heavy atom. The Bertz CT molecular complexity index is 505. The first kappa shape index (κ1) is 13.4. The molecule has 1 aromatic rings. The number of hydrogen-bond donors (Lipinski definition) is 0. The zero-order valence-electron chi connectivity index (χ0n) is 11.3. The van der Waals surface area contributed by atoms with Gasteiger partial charge in [0, 0.05) is 12.1 Å². The van der Waals surface area contributed by atoms with Crippen LogP contribution in [0.25, 0.3) is 0 Å². The van der Waals surface area contributed by atoms with E-state index in [0.717, 1.165) is 11.3 Å². The summed E-state index contributed by atoms with van der Waals surface area (Å²) in [5.41, 5.74) is 0.994. The van der Waals surface area contributed by atoms with Crippen molar-refractivity contribution < 1.29 is 9.53 Å². The molecule has 0 aliphatic carbocycles. The van der Waals surface area contributed by atoms with E-state index >= 15 is 0 Å². The maximum Gasteiger partial charge on any atom is 0.240 e. The van der Waals surface area contributed by atoms with Crippen LogP contribution in [0.4, 0.5) is 0 Å². The van der Waals surface area contributed by atoms with Gasteiger partial charge in [-0.05, 0) is 12.0 Å². The van der Waals surface area contributed by atoms with Gasteiger partial charge in [0.05, 0.1) is 12.6 Å². The van der Waals surface area contributed by atoms with Crippen molar-refractivity contribution in [3.8, 4) is 11.8 Å². The zero-order chi connectivity index (χ0) is 13.8. The molecule has 0 saturated heterocycles. The summed E-state index contributed by atoms with van der Waals surface area (Å²) in [5.74, 6) is 0.177. The molecule has 4 heteroatoms. The molecule has 0 aromatic heterocycles. The summed E-state index contributed by atoms with van der Waals surface area (Å²) in [6.45, 7) is 5.30. The molecule has 1 amide bonds. The number of carbonyl (C=O) groups excluding carboxylic acids is 1. The van der Waals surface area contributed by atoms with E-state index in [2.05, 4.69) is 6.07 Å². The molecule has 4 nitrogen and oxygen atoms in total. The van der Waals surface area contributed by atoms with Crippen molar-refractivity contribution >= 4 is 5.91 Å². The second kappa shape index (κ2) is 5.75. The number of ether oxygens (including phenoxy) is 1. The highest BCUT2D eigenvalue weighted by atomic mass is 16.5. The van der Waals surface area contributed by atoms with Gasteiger partial charge in [-0.3, -0.25) is 4.79 Å². The lowest BCUT2D eigenvalue weighted by atomic mass is 9.96. The summed E-state index contributed by atoms with van der Waals surface area (Å²) >= 11 is 0. The van der Waals surface area contributed by atoms with Crippen molar-refractivity contribution in [1.29, 1.82) is 5.26 Å². The van der Waals surface area contributed by atoms with E-state index in [0.29, 0.717) is 19.7 Å². The van der Waals surface area contributed by atoms with Crippen LogP contribution in [0.1, 0.15) is 19.4 Å². The van der Waals surface area contributed by atoms with Crippen molar-refractivity contribution in [2.75, 3.05) is 13.2 Å². The van der Waals surface area contributed by atoms with E-state index in [1.54, 1.807) is 4.90 Å². The number of fused-ring (bicyclic) bond motifs is 1. The number of nitriles is 1. The molecule has 0 bridgehead atoms. The van der Waals surface area contributed by atoms with Gasteiger partial charge in [-0.1, -0.05) is 32.0 Å². The molecule has 1 aliphatic rings. The fourth-order valence-electron chi connectivity index (χ4n) is 2.20. The smallest absolute Gasteiger partial charge is 0.240 e. The highest BCUT2D eigenvalue weighted by Gasteiger charge is 2.28. The lowest BCUT2D eigenvalue weighted by molar-refractivity contribution is -0.135. The van der Waals surface area contributed by atoms with Crippen LogP contribution in [0, 0.1) is 23.2 Å². The lowest BCUT2D eigenvalue weighted by Gasteiger charge is -2.24. The molecule has 1 heterocycles. The van der Waals surface area contributed by atoms with Crippen LogP contribution in [0.15, 0.2) is 24.3 Å². The molecular weight excluding hydrogens is 240 g/mol. The first-order valence-electron chi connectivity index (χ1n) is 6.52. The molecule has 1 atom stereocenters. The third-order valence-electron chi connectivity index (χ3n) is 3.34. The molecule has 0 spiro atoms. The molecule has 100 valence electrons. The van der Waals surface area contributed by atoms with Crippen LogP contribution in [-0.2, 0) is 11.3 Å². The maximum absolute atomic E-state index is 12.4. The Morgan fingerprint density at radius 2 is 2.16 bits per heavy atom. The minimum atomic E-state index is -0.578. The van der Waals surface area contributed by atoms with Crippen LogP contribution in [0.5, 0.6) is 5.75 Å². The minimum absolute atomic E-state index is 0.0249. The first-order chi connectivity index (χ1) is 9.13. The van der Waals surface area contributed by atoms with E-state index in [-0.39, 0.29) is 11.8 Å². The van der Waals surface area contributed by atoms with Gasteiger partial charge >= 0.3 is 0 Å². The van der Waals surface area contributed by atoms with Crippen molar-refractivity contribution in [3.05, 3.63) is 29.8 Å². The summed E-state index contributed by atoms with van der Waals surface area (Å²) in [5, 5.41) is 9.13. The molecule has 2 rings (SSSR count). The SMILES string of the molecule is CC(C)C(C#N)C(=O)N1CCOc2ccccc2C1. The molecule has 19 heavy (non-hydrogen) atoms. The van der Waals surface area contributed by atoms with E-state index < -0.39 is 5.92 Å². The second-order valence-electron chi connectivity index (χ2n) is 5.07. The van der Waals surface area contributed by atoms with Crippen LogP contribution < -0.4 is 4.74 Å². The van der Waals surface area contributed by atoms with Gasteiger partial charge in [0.2, 0.25) is 5.91 Å². The second-order valence-corrected chi connectivity index (χ2v) is 5.07. The van der Waals surface area contributed by atoms with Gasteiger partial charge in [0.15, 0.2) is 0 Å². The average molecular weight is 258 g/mol. The zero-order valence-corrected chi connectivity index (χ0v) is 11.3. The van der Waals surface area contributed by atoms with E-state index in [1.807, 2.05) is 38.1 Å². The topological polar surface area (TPSA) is 53.3 Å². The lowest BCUT2D eigenvalue weighted by Crippen LogP contribution is -2.38. The van der Waals surface area contributed by atoms with Crippen LogP contribution in [-0.4, -0.2) is 24.0 Å². The van der Waals surface area contributed by atoms with Gasteiger partial charge < -0.3 is 9.64 Å². The van der Waals surface area contributed by atoms with Crippen LogP contribution >= 0.6 is 0 Å². The molecule has 1 aromatic carbocycles. The molecule has 0 N–H and O–H groups in total. The summed E-state index contributed by atoms with van der Waals surface area (Å²) in [6, 6.07) is 9.83. The summed E-state index contributed by atoms with van der Waals surface area (Å²) in [7, 11) is 0. The predicted octanol–water partition coefficient (Wildman–Crippen LogP) is 2.20. The highest BCUT2D eigenvalue weighted by molar-refractivity contribution is 5.81. The Balaban J connectivity index is 2.19. The van der Waals surface area contributed by atoms with Gasteiger partial charge in [0.1, 0.15) is 18.3 Å². The summed E-state index contributed by atoms with van der Waals surface area (Å²) < 4.78 is 5.63. The van der Waals surface area contributed by atoms with E-state index in [1.165, 1.54) is 0 Å². The third-order valence-corrected chi connectivity index (χ3v) is 3.34. The predicted molar refractivity (Wildman–Crippen MR) is 71.3 cm³/mol. The molecule has 1 unspecified atom stereocenters. The van der Waals surface area contributed by atoms with Crippen molar-refractivity contribution in [3.63, 3.8) is 0 Å². The summed E-state index contributed by atoms with van der Waals surface area (Å²) in [6.07, 6.45) is 0. The molecule has 0 fully saturated rings. The number of nitrogens with zero attached hydrogens (tertiary/aromatic N) is 2. The Labute approximate surface area is 113 Å². The first-order valence-corrected chi connectivity index (χ1v) is 6.52. The van der Waals surface area contributed by atoms with E-state index in [9.17, 15) is 4.79 Å². The fraction of sp³-hybridized carbons (Fsp3) is 0.467. The average Bonchev–Trinajstić information content (AvgIpc) is 2.60. The number of rotatable bonds is 2. The van der Waals surface area contributed by atoms with Crippen LogP contribution in [0.2, 0.25) is 0 Å². The monoisotopic (exact) mass is 258 g/mol. The number of amides is 1. The largest absolute Gasteiger partial charge is 0.491 e. The van der Waals surface area contributed by atoms with Gasteiger partial charge in [-0.15, -0.1) is 0 Å². The Morgan fingerprint density at radius 3 is 2.84 bits per heavy atom. The normalized spacial score (nSPS) is 16.0. The van der Waals surface area contributed by atoms with Crippen LogP contribution in [0.3, 0.4) is 0 Å². The van der Waals surface area contributed by atoms with Gasteiger partial charge in [-0.25, -0.2) is 0 Å². The molecule has 1 aliphatic heterocycles. The minimum Gasteiger partial charge on any atom is -0.491 e. The summed E-state index contributed by atoms with van der Waals surface area (Å²) in [4.78, 5) is 14.1. The molecule has 0 saturated carbocycles. The van der Waals surface area contributed by atoms with Crippen molar-refractivity contribution in [2.45, 2.75) is 20.4 Å².